The predicted molar refractivity (Wildman–Crippen MR) is 110 cm³/mol. The first-order chi connectivity index (χ1) is 9.60. The summed E-state index contributed by atoms with van der Waals surface area (Å²) in [4.78, 5) is 5.94. The van der Waals surface area contributed by atoms with Gasteiger partial charge >= 0.3 is 0 Å². The van der Waals surface area contributed by atoms with E-state index in [1.54, 1.807) is 0 Å². The number of hydrogen-bond acceptors (Lipinski definition) is 6. The standard InChI is InChI=1S/C12H22N2S6/c15-5-13(6-16)11(19)9-3-1-2-4-10(9)12(20)14(7-17)8-18/h9-10,15-18H,1-8H2. The molecular weight excluding hydrogens is 365 g/mol. The van der Waals surface area contributed by atoms with Crippen LogP contribution in [-0.4, -0.2) is 43.3 Å². The maximum absolute atomic E-state index is 5.66. The topological polar surface area (TPSA) is 6.48 Å². The molecule has 0 heterocycles. The third-order valence-corrected chi connectivity index (χ3v) is 6.19. The van der Waals surface area contributed by atoms with Gasteiger partial charge in [-0.2, -0.15) is 50.5 Å². The summed E-state index contributed by atoms with van der Waals surface area (Å²) in [6.45, 7) is 0. The smallest absolute Gasteiger partial charge is 0.0831 e. The molecule has 0 N–H and O–H groups in total. The van der Waals surface area contributed by atoms with Crippen molar-refractivity contribution in [3.05, 3.63) is 0 Å². The van der Waals surface area contributed by atoms with Gasteiger partial charge in [0.05, 0.1) is 33.5 Å². The van der Waals surface area contributed by atoms with Crippen LogP contribution < -0.4 is 0 Å². The minimum atomic E-state index is 0.313. The molecule has 0 aliphatic heterocycles. The van der Waals surface area contributed by atoms with E-state index < -0.39 is 0 Å². The first-order valence-electron chi connectivity index (χ1n) is 6.61. The third-order valence-electron chi connectivity index (χ3n) is 3.71. The summed E-state index contributed by atoms with van der Waals surface area (Å²) >= 11 is 28.7. The molecule has 0 spiro atoms. The first-order valence-corrected chi connectivity index (χ1v) is 9.96. The van der Waals surface area contributed by atoms with Crippen molar-refractivity contribution in [1.29, 1.82) is 0 Å². The van der Waals surface area contributed by atoms with Crippen molar-refractivity contribution in [2.24, 2.45) is 11.8 Å². The van der Waals surface area contributed by atoms with Crippen molar-refractivity contribution >= 4 is 84.9 Å². The van der Waals surface area contributed by atoms with Crippen LogP contribution in [0.5, 0.6) is 0 Å². The van der Waals surface area contributed by atoms with Crippen LogP contribution in [0.3, 0.4) is 0 Å². The second kappa shape index (κ2) is 10.0. The molecule has 0 bridgehead atoms. The fraction of sp³-hybridized carbons (Fsp3) is 0.833. The van der Waals surface area contributed by atoms with E-state index in [9.17, 15) is 0 Å². The lowest BCUT2D eigenvalue weighted by molar-refractivity contribution is 0.337. The summed E-state index contributed by atoms with van der Waals surface area (Å²) in [5.74, 6) is 3.02. The molecule has 2 unspecified atom stereocenters. The number of thiol groups is 4. The molecule has 20 heavy (non-hydrogen) atoms. The van der Waals surface area contributed by atoms with Crippen LogP contribution >= 0.6 is 75.0 Å². The number of rotatable bonds is 6. The largest absolute Gasteiger partial charge is 0.348 e. The molecular formula is C12H22N2S6. The highest BCUT2D eigenvalue weighted by atomic mass is 32.1. The molecule has 1 aliphatic rings. The molecule has 1 saturated carbocycles. The zero-order valence-corrected chi connectivity index (χ0v) is 16.5. The van der Waals surface area contributed by atoms with Gasteiger partial charge in [-0.05, 0) is 12.8 Å². The molecule has 0 amide bonds. The van der Waals surface area contributed by atoms with Gasteiger partial charge < -0.3 is 9.80 Å². The molecule has 1 rings (SSSR count). The summed E-state index contributed by atoms with van der Waals surface area (Å²) in [6.07, 6.45) is 4.60. The molecule has 116 valence electrons. The van der Waals surface area contributed by atoms with Gasteiger partial charge in [0.15, 0.2) is 0 Å². The van der Waals surface area contributed by atoms with Crippen molar-refractivity contribution in [2.45, 2.75) is 25.7 Å². The molecule has 2 nitrogen and oxygen atoms in total. The Labute approximate surface area is 155 Å². The van der Waals surface area contributed by atoms with E-state index in [1.807, 2.05) is 9.80 Å². The van der Waals surface area contributed by atoms with Crippen molar-refractivity contribution in [2.75, 3.05) is 23.5 Å². The Morgan fingerprint density at radius 2 is 1.05 bits per heavy atom. The summed E-state index contributed by atoms with van der Waals surface area (Å²) < 4.78 is 0. The Morgan fingerprint density at radius 3 is 1.30 bits per heavy atom. The van der Waals surface area contributed by atoms with E-state index in [1.165, 1.54) is 12.8 Å². The normalized spacial score (nSPS) is 22.4. The van der Waals surface area contributed by atoms with Crippen molar-refractivity contribution in [3.8, 4) is 0 Å². The van der Waals surface area contributed by atoms with Crippen LogP contribution in [-0.2, 0) is 0 Å². The second-order valence-electron chi connectivity index (χ2n) is 4.82. The molecule has 0 saturated heterocycles. The predicted octanol–water partition coefficient (Wildman–Crippen LogP) is 3.60. The Kier molecular flexibility index (Phi) is 9.66. The minimum absolute atomic E-state index is 0.313. The van der Waals surface area contributed by atoms with E-state index in [2.05, 4.69) is 50.5 Å². The average molecular weight is 387 g/mol. The number of nitrogens with zero attached hydrogens (tertiary/aromatic N) is 2. The van der Waals surface area contributed by atoms with Gasteiger partial charge in [-0.3, -0.25) is 0 Å². The summed E-state index contributed by atoms with van der Waals surface area (Å²) in [7, 11) is 0. The van der Waals surface area contributed by atoms with Crippen LogP contribution in [0.15, 0.2) is 0 Å². The first kappa shape index (κ1) is 19.2. The van der Waals surface area contributed by atoms with Gasteiger partial charge in [0.2, 0.25) is 0 Å². The molecule has 0 aromatic rings. The quantitative estimate of drug-likeness (QED) is 0.314. The van der Waals surface area contributed by atoms with Gasteiger partial charge in [0.25, 0.3) is 0 Å². The summed E-state index contributed by atoms with van der Waals surface area (Å²) in [5.41, 5.74) is 0. The van der Waals surface area contributed by atoms with E-state index in [0.717, 1.165) is 22.8 Å². The zero-order valence-electron chi connectivity index (χ0n) is 11.3. The molecule has 0 aromatic carbocycles. The van der Waals surface area contributed by atoms with Gasteiger partial charge in [0, 0.05) is 11.8 Å². The lowest BCUT2D eigenvalue weighted by Crippen LogP contribution is -2.44. The van der Waals surface area contributed by atoms with Crippen molar-refractivity contribution in [3.63, 3.8) is 0 Å². The highest BCUT2D eigenvalue weighted by Gasteiger charge is 2.34. The molecule has 1 aliphatic carbocycles. The Bertz CT molecular complexity index is 298. The van der Waals surface area contributed by atoms with Crippen molar-refractivity contribution in [1.82, 2.24) is 9.80 Å². The van der Waals surface area contributed by atoms with Gasteiger partial charge in [0.1, 0.15) is 0 Å². The number of thiocarbonyl (C=S) groups is 2. The monoisotopic (exact) mass is 386 g/mol. The summed E-state index contributed by atoms with van der Waals surface area (Å²) in [6, 6.07) is 0. The highest BCUT2D eigenvalue weighted by molar-refractivity contribution is 7.83. The Morgan fingerprint density at radius 1 is 0.750 bits per heavy atom. The molecule has 2 atom stereocenters. The second-order valence-corrected chi connectivity index (χ2v) is 6.79. The highest BCUT2D eigenvalue weighted by Crippen LogP contribution is 2.34. The minimum Gasteiger partial charge on any atom is -0.348 e. The fourth-order valence-electron chi connectivity index (χ4n) is 2.56. The molecule has 1 fully saturated rings. The van der Waals surface area contributed by atoms with Crippen LogP contribution in [0.2, 0.25) is 0 Å². The van der Waals surface area contributed by atoms with Crippen LogP contribution in [0.25, 0.3) is 0 Å². The van der Waals surface area contributed by atoms with E-state index in [0.29, 0.717) is 35.3 Å². The maximum Gasteiger partial charge on any atom is 0.0831 e. The SMILES string of the molecule is S=C(C1CCCCC1C(=S)N(CS)CS)N(CS)CS. The third kappa shape index (κ3) is 4.84. The Balaban J connectivity index is 2.86. The van der Waals surface area contributed by atoms with Gasteiger partial charge in [-0.25, -0.2) is 0 Å². The van der Waals surface area contributed by atoms with E-state index in [4.69, 9.17) is 24.4 Å². The lowest BCUT2D eigenvalue weighted by atomic mass is 9.78. The zero-order chi connectivity index (χ0) is 15.1. The van der Waals surface area contributed by atoms with Gasteiger partial charge in [-0.1, -0.05) is 37.3 Å². The van der Waals surface area contributed by atoms with E-state index in [-0.39, 0.29) is 0 Å². The molecule has 0 aromatic heterocycles. The fourth-order valence-corrected chi connectivity index (χ4v) is 5.09. The summed E-state index contributed by atoms with van der Waals surface area (Å²) in [5, 5.41) is 0. The molecule has 0 radical (unpaired) electrons. The van der Waals surface area contributed by atoms with Crippen LogP contribution in [0.1, 0.15) is 25.7 Å². The van der Waals surface area contributed by atoms with Crippen molar-refractivity contribution < 1.29 is 0 Å². The number of hydrogen-bond donors (Lipinski definition) is 4. The van der Waals surface area contributed by atoms with E-state index >= 15 is 0 Å². The van der Waals surface area contributed by atoms with Crippen LogP contribution in [0, 0.1) is 11.8 Å². The lowest BCUT2D eigenvalue weighted by Gasteiger charge is -2.38. The average Bonchev–Trinajstić information content (AvgIpc) is 2.49. The Hall–Kier alpha value is 1.18. The maximum atomic E-state index is 5.66. The van der Waals surface area contributed by atoms with Crippen LogP contribution in [0.4, 0.5) is 0 Å². The molecule has 8 heteroatoms. The van der Waals surface area contributed by atoms with Gasteiger partial charge in [-0.15, -0.1) is 0 Å².